The molecular formula is C24H22ClFN4O. The molecule has 2 aromatic carbocycles. The fourth-order valence-corrected chi connectivity index (χ4v) is 4.45. The minimum atomic E-state index is -0.300. The molecule has 5 nitrogen and oxygen atoms in total. The van der Waals surface area contributed by atoms with E-state index < -0.39 is 0 Å². The number of hydrogen-bond acceptors (Lipinski definition) is 3. The molecule has 0 saturated carbocycles. The average molecular weight is 437 g/mol. The molecule has 0 atom stereocenters. The molecule has 1 fully saturated rings. The number of likely N-dealkylation sites (tertiary alicyclic amines) is 1. The predicted octanol–water partition coefficient (Wildman–Crippen LogP) is 4.41. The van der Waals surface area contributed by atoms with Gasteiger partial charge in [-0.1, -0.05) is 29.8 Å². The second kappa shape index (κ2) is 7.94. The van der Waals surface area contributed by atoms with Crippen molar-refractivity contribution >= 4 is 22.5 Å². The smallest absolute Gasteiger partial charge is 0.258 e. The fourth-order valence-electron chi connectivity index (χ4n) is 4.32. The second-order valence-corrected chi connectivity index (χ2v) is 8.47. The highest BCUT2D eigenvalue weighted by Crippen LogP contribution is 2.34. The normalized spacial score (nSPS) is 14.8. The monoisotopic (exact) mass is 436 g/mol. The van der Waals surface area contributed by atoms with Gasteiger partial charge in [-0.25, -0.2) is 9.37 Å². The summed E-state index contributed by atoms with van der Waals surface area (Å²) in [6.45, 7) is 1.99. The summed E-state index contributed by atoms with van der Waals surface area (Å²) in [7, 11) is 2.01. The lowest BCUT2D eigenvalue weighted by molar-refractivity contribution is 0.138. The van der Waals surface area contributed by atoms with Crippen LogP contribution >= 0.6 is 11.6 Å². The number of nitrogens with zero attached hydrogens (tertiary/aromatic N) is 4. The zero-order chi connectivity index (χ0) is 21.5. The largest absolute Gasteiger partial charge is 0.350 e. The third-order valence-electron chi connectivity index (χ3n) is 6.03. The molecule has 0 N–H and O–H groups in total. The van der Waals surface area contributed by atoms with E-state index in [0.29, 0.717) is 23.2 Å². The Labute approximate surface area is 184 Å². The number of benzene rings is 2. The standard InChI is InChI=1S/C24H22ClFN4O/c1-28-14-21(17-12-29(13-17)9-8-26)20-7-6-19(10-23(20)28)30-15-27-22(11-24(30)31)16-2-4-18(25)5-3-16/h2-7,10-11,14-15,17H,8-9,12-13H2,1H3. The Balaban J connectivity index is 1.46. The van der Waals surface area contributed by atoms with Crippen LogP contribution in [0.1, 0.15) is 11.5 Å². The van der Waals surface area contributed by atoms with Crippen LogP contribution in [0.15, 0.2) is 65.8 Å². The van der Waals surface area contributed by atoms with Crippen LogP contribution in [0.2, 0.25) is 5.02 Å². The van der Waals surface area contributed by atoms with Gasteiger partial charge >= 0.3 is 0 Å². The first-order valence-electron chi connectivity index (χ1n) is 10.3. The van der Waals surface area contributed by atoms with E-state index in [1.54, 1.807) is 23.0 Å². The summed E-state index contributed by atoms with van der Waals surface area (Å²) in [6, 6.07) is 14.8. The number of hydrogen-bond donors (Lipinski definition) is 0. The van der Waals surface area contributed by atoms with Gasteiger partial charge < -0.3 is 4.57 Å². The van der Waals surface area contributed by atoms with E-state index in [-0.39, 0.29) is 12.2 Å². The Morgan fingerprint density at radius 3 is 2.61 bits per heavy atom. The zero-order valence-corrected chi connectivity index (χ0v) is 17.9. The molecule has 7 heteroatoms. The molecule has 3 heterocycles. The van der Waals surface area contributed by atoms with Crippen molar-refractivity contribution in [3.8, 4) is 16.9 Å². The summed E-state index contributed by atoms with van der Waals surface area (Å²) in [5.74, 6) is 0.421. The summed E-state index contributed by atoms with van der Waals surface area (Å²) < 4.78 is 16.2. The van der Waals surface area contributed by atoms with E-state index in [0.717, 1.165) is 29.9 Å². The Kier molecular flexibility index (Phi) is 5.12. The van der Waals surface area contributed by atoms with Gasteiger partial charge in [0.05, 0.1) is 16.9 Å². The van der Waals surface area contributed by atoms with E-state index in [4.69, 9.17) is 11.6 Å². The molecule has 31 heavy (non-hydrogen) atoms. The lowest BCUT2D eigenvalue weighted by Crippen LogP contribution is -2.45. The van der Waals surface area contributed by atoms with Gasteiger partial charge in [-0.2, -0.15) is 0 Å². The van der Waals surface area contributed by atoms with Crippen LogP contribution in [0, 0.1) is 0 Å². The van der Waals surface area contributed by atoms with E-state index in [1.807, 2.05) is 31.3 Å². The molecule has 0 spiro atoms. The third-order valence-corrected chi connectivity index (χ3v) is 6.28. The van der Waals surface area contributed by atoms with Crippen molar-refractivity contribution in [1.29, 1.82) is 0 Å². The summed E-state index contributed by atoms with van der Waals surface area (Å²) in [6.07, 6.45) is 3.72. The Morgan fingerprint density at radius 2 is 1.90 bits per heavy atom. The quantitative estimate of drug-likeness (QED) is 0.465. The van der Waals surface area contributed by atoms with Crippen LogP contribution in [0.25, 0.3) is 27.8 Å². The van der Waals surface area contributed by atoms with Crippen molar-refractivity contribution < 1.29 is 4.39 Å². The SMILES string of the molecule is Cn1cc(C2CN(CCF)C2)c2ccc(-n3cnc(-c4ccc(Cl)cc4)cc3=O)cc21. The molecule has 0 unspecified atom stereocenters. The van der Waals surface area contributed by atoms with Crippen LogP contribution in [0.4, 0.5) is 4.39 Å². The summed E-state index contributed by atoms with van der Waals surface area (Å²) in [4.78, 5) is 19.4. The maximum atomic E-state index is 12.8. The van der Waals surface area contributed by atoms with Crippen molar-refractivity contribution in [2.75, 3.05) is 26.3 Å². The highest BCUT2D eigenvalue weighted by molar-refractivity contribution is 6.30. The number of aryl methyl sites for hydroxylation is 1. The Bertz CT molecular complexity index is 1310. The van der Waals surface area contributed by atoms with Gasteiger partial charge in [0, 0.05) is 60.8 Å². The van der Waals surface area contributed by atoms with Gasteiger partial charge in [0.15, 0.2) is 0 Å². The minimum Gasteiger partial charge on any atom is -0.350 e. The van der Waals surface area contributed by atoms with Crippen molar-refractivity contribution in [3.63, 3.8) is 0 Å². The van der Waals surface area contributed by atoms with Gasteiger partial charge in [-0.15, -0.1) is 0 Å². The van der Waals surface area contributed by atoms with Crippen molar-refractivity contribution in [3.05, 3.63) is 82.0 Å². The lowest BCUT2D eigenvalue weighted by atomic mass is 9.91. The first-order valence-corrected chi connectivity index (χ1v) is 10.6. The van der Waals surface area contributed by atoms with Gasteiger partial charge in [-0.05, 0) is 29.8 Å². The van der Waals surface area contributed by atoms with Crippen LogP contribution in [-0.4, -0.2) is 45.3 Å². The summed E-state index contributed by atoms with van der Waals surface area (Å²) in [5.41, 5.74) is 4.43. The van der Waals surface area contributed by atoms with E-state index >= 15 is 0 Å². The van der Waals surface area contributed by atoms with E-state index in [9.17, 15) is 9.18 Å². The lowest BCUT2D eigenvalue weighted by Gasteiger charge is -2.38. The average Bonchev–Trinajstić information content (AvgIpc) is 3.06. The molecular weight excluding hydrogens is 415 g/mol. The zero-order valence-electron chi connectivity index (χ0n) is 17.1. The molecule has 1 aliphatic heterocycles. The van der Waals surface area contributed by atoms with Gasteiger partial charge in [0.25, 0.3) is 5.56 Å². The predicted molar refractivity (Wildman–Crippen MR) is 122 cm³/mol. The number of rotatable bonds is 5. The molecule has 1 saturated heterocycles. The van der Waals surface area contributed by atoms with Gasteiger partial charge in [0.2, 0.25) is 0 Å². The van der Waals surface area contributed by atoms with Crippen molar-refractivity contribution in [1.82, 2.24) is 19.0 Å². The highest BCUT2D eigenvalue weighted by atomic mass is 35.5. The fraction of sp³-hybridized carbons (Fsp3) is 0.250. The molecule has 2 aromatic heterocycles. The maximum Gasteiger partial charge on any atom is 0.258 e. The molecule has 1 aliphatic rings. The van der Waals surface area contributed by atoms with E-state index in [1.165, 1.54) is 17.0 Å². The highest BCUT2D eigenvalue weighted by Gasteiger charge is 2.29. The second-order valence-electron chi connectivity index (χ2n) is 8.03. The van der Waals surface area contributed by atoms with Gasteiger partial charge in [-0.3, -0.25) is 14.3 Å². The molecule has 0 aliphatic carbocycles. The number of alkyl halides is 1. The minimum absolute atomic E-state index is 0.144. The molecule has 4 aromatic rings. The molecule has 158 valence electrons. The third kappa shape index (κ3) is 3.66. The Hall–Kier alpha value is -2.96. The van der Waals surface area contributed by atoms with Gasteiger partial charge in [0.1, 0.15) is 13.0 Å². The summed E-state index contributed by atoms with van der Waals surface area (Å²) in [5, 5.41) is 1.82. The van der Waals surface area contributed by atoms with Crippen molar-refractivity contribution in [2.24, 2.45) is 7.05 Å². The number of aromatic nitrogens is 3. The number of halogens is 2. The van der Waals surface area contributed by atoms with Crippen LogP contribution < -0.4 is 5.56 Å². The van der Waals surface area contributed by atoms with E-state index in [2.05, 4.69) is 26.7 Å². The van der Waals surface area contributed by atoms with Crippen LogP contribution in [0.5, 0.6) is 0 Å². The Morgan fingerprint density at radius 1 is 1.13 bits per heavy atom. The number of fused-ring (bicyclic) bond motifs is 1. The first kappa shape index (κ1) is 20.0. The van der Waals surface area contributed by atoms with Crippen molar-refractivity contribution in [2.45, 2.75) is 5.92 Å². The molecule has 5 rings (SSSR count). The molecule has 0 bridgehead atoms. The first-order chi connectivity index (χ1) is 15.0. The summed E-state index contributed by atoms with van der Waals surface area (Å²) >= 11 is 5.95. The topological polar surface area (TPSA) is 43.1 Å². The van der Waals surface area contributed by atoms with Crippen LogP contribution in [0.3, 0.4) is 0 Å². The van der Waals surface area contributed by atoms with Crippen LogP contribution in [-0.2, 0) is 7.05 Å². The maximum absolute atomic E-state index is 12.8. The molecule has 0 radical (unpaired) electrons. The molecule has 0 amide bonds.